The predicted molar refractivity (Wildman–Crippen MR) is 109 cm³/mol. The molecule has 144 valence electrons. The molecule has 0 unspecified atom stereocenters. The Morgan fingerprint density at radius 2 is 1.89 bits per heavy atom. The van der Waals surface area contributed by atoms with Gasteiger partial charge in [0, 0.05) is 31.1 Å². The maximum atomic E-state index is 9.53. The van der Waals surface area contributed by atoms with E-state index in [1.807, 2.05) is 18.2 Å². The number of piperidine rings is 3. The lowest BCUT2D eigenvalue weighted by Gasteiger charge is -2.51. The lowest BCUT2D eigenvalue weighted by atomic mass is 9.75. The molecule has 4 saturated heterocycles. The first-order valence-electron chi connectivity index (χ1n) is 10.4. The normalized spacial score (nSPS) is 31.4. The van der Waals surface area contributed by atoms with Crippen LogP contribution in [0.1, 0.15) is 35.4 Å². The Labute approximate surface area is 167 Å². The summed E-state index contributed by atoms with van der Waals surface area (Å²) in [6.45, 7) is 4.38. The summed E-state index contributed by atoms with van der Waals surface area (Å²) < 4.78 is 5.50. The van der Waals surface area contributed by atoms with Crippen molar-refractivity contribution < 1.29 is 4.74 Å². The number of hydrogen-bond donors (Lipinski definition) is 0. The Morgan fingerprint density at radius 3 is 2.68 bits per heavy atom. The van der Waals surface area contributed by atoms with Crippen LogP contribution in [-0.4, -0.2) is 48.6 Å². The maximum absolute atomic E-state index is 9.53. The van der Waals surface area contributed by atoms with Crippen LogP contribution < -0.4 is 4.74 Å². The number of nitriles is 1. The van der Waals surface area contributed by atoms with Crippen LogP contribution in [-0.2, 0) is 6.54 Å². The maximum Gasteiger partial charge on any atom is 0.119 e. The van der Waals surface area contributed by atoms with E-state index >= 15 is 0 Å². The molecule has 4 nitrogen and oxygen atoms in total. The van der Waals surface area contributed by atoms with Gasteiger partial charge in [0.1, 0.15) is 5.75 Å². The molecule has 2 bridgehead atoms. The summed E-state index contributed by atoms with van der Waals surface area (Å²) in [6.07, 6.45) is 2.62. The molecule has 3 atom stereocenters. The minimum absolute atomic E-state index is 0.498. The van der Waals surface area contributed by atoms with Crippen LogP contribution in [0.3, 0.4) is 0 Å². The molecule has 4 fully saturated rings. The molecule has 0 aliphatic carbocycles. The minimum Gasteiger partial charge on any atom is -0.497 e. The second kappa shape index (κ2) is 7.24. The van der Waals surface area contributed by atoms with Crippen LogP contribution in [0.15, 0.2) is 48.5 Å². The fourth-order valence-corrected chi connectivity index (χ4v) is 5.87. The number of benzene rings is 2. The summed E-state index contributed by atoms with van der Waals surface area (Å²) in [7, 11) is 1.74. The van der Waals surface area contributed by atoms with Gasteiger partial charge in [-0.2, -0.15) is 5.26 Å². The second-order valence-corrected chi connectivity index (χ2v) is 8.44. The van der Waals surface area contributed by atoms with E-state index < -0.39 is 0 Å². The van der Waals surface area contributed by atoms with Gasteiger partial charge < -0.3 is 4.74 Å². The van der Waals surface area contributed by atoms with Gasteiger partial charge in [-0.05, 0) is 61.2 Å². The molecular formula is C24H27N3O. The van der Waals surface area contributed by atoms with Crippen molar-refractivity contribution in [2.24, 2.45) is 5.92 Å². The van der Waals surface area contributed by atoms with Gasteiger partial charge in [0.25, 0.3) is 0 Å². The van der Waals surface area contributed by atoms with Gasteiger partial charge in [-0.25, -0.2) is 0 Å². The Kier molecular flexibility index (Phi) is 4.58. The summed E-state index contributed by atoms with van der Waals surface area (Å²) in [4.78, 5) is 5.39. The van der Waals surface area contributed by atoms with E-state index in [1.165, 1.54) is 31.5 Å². The largest absolute Gasteiger partial charge is 0.497 e. The SMILES string of the molecule is COc1cccc([C@H]2CN(Cc3ccccc3C#N)[C@@H]3C4CCN(CC4)[C@H]23)c1. The first-order chi connectivity index (χ1) is 13.8. The van der Waals surface area contributed by atoms with E-state index in [-0.39, 0.29) is 0 Å². The van der Waals surface area contributed by atoms with E-state index in [4.69, 9.17) is 4.74 Å². The summed E-state index contributed by atoms with van der Waals surface area (Å²) in [6, 6.07) is 20.3. The molecule has 4 aliphatic rings. The first kappa shape index (κ1) is 17.7. The lowest BCUT2D eigenvalue weighted by Crippen LogP contribution is -2.60. The molecule has 4 aliphatic heterocycles. The molecule has 0 saturated carbocycles. The molecule has 4 heteroatoms. The summed E-state index contributed by atoms with van der Waals surface area (Å²) in [5.41, 5.74) is 3.36. The highest BCUT2D eigenvalue weighted by atomic mass is 16.5. The van der Waals surface area contributed by atoms with Crippen molar-refractivity contribution in [1.29, 1.82) is 5.26 Å². The van der Waals surface area contributed by atoms with E-state index in [2.05, 4.69) is 46.2 Å². The third-order valence-corrected chi connectivity index (χ3v) is 7.13. The molecule has 0 radical (unpaired) electrons. The average molecular weight is 374 g/mol. The number of ether oxygens (including phenoxy) is 1. The van der Waals surface area contributed by atoms with Crippen LogP contribution in [0, 0.1) is 17.2 Å². The highest BCUT2D eigenvalue weighted by molar-refractivity contribution is 5.38. The molecule has 6 rings (SSSR count). The molecule has 0 aromatic heterocycles. The number of nitrogens with zero attached hydrogens (tertiary/aromatic N) is 3. The van der Waals surface area contributed by atoms with Crippen molar-refractivity contribution in [3.05, 3.63) is 65.2 Å². The van der Waals surface area contributed by atoms with Gasteiger partial charge in [-0.1, -0.05) is 30.3 Å². The topological polar surface area (TPSA) is 39.5 Å². The molecule has 4 heterocycles. The van der Waals surface area contributed by atoms with Crippen molar-refractivity contribution in [3.8, 4) is 11.8 Å². The third kappa shape index (κ3) is 2.90. The van der Waals surface area contributed by atoms with Crippen LogP contribution in [0.5, 0.6) is 5.75 Å². The average Bonchev–Trinajstić information content (AvgIpc) is 3.16. The van der Waals surface area contributed by atoms with Crippen LogP contribution in [0.4, 0.5) is 0 Å². The van der Waals surface area contributed by atoms with Gasteiger partial charge in [0.2, 0.25) is 0 Å². The van der Waals surface area contributed by atoms with Gasteiger partial charge in [0.15, 0.2) is 0 Å². The Hall–Kier alpha value is -2.35. The number of rotatable bonds is 4. The summed E-state index contributed by atoms with van der Waals surface area (Å²) in [5.74, 6) is 2.22. The summed E-state index contributed by atoms with van der Waals surface area (Å²) in [5, 5.41) is 9.53. The second-order valence-electron chi connectivity index (χ2n) is 8.44. The monoisotopic (exact) mass is 373 g/mol. The van der Waals surface area contributed by atoms with E-state index in [0.717, 1.165) is 35.9 Å². The van der Waals surface area contributed by atoms with Crippen molar-refractivity contribution in [2.45, 2.75) is 37.4 Å². The van der Waals surface area contributed by atoms with Crippen LogP contribution in [0.25, 0.3) is 0 Å². The number of fused-ring (bicyclic) bond motifs is 2. The Balaban J connectivity index is 1.49. The summed E-state index contributed by atoms with van der Waals surface area (Å²) >= 11 is 0. The number of methoxy groups -OCH3 is 1. The zero-order chi connectivity index (χ0) is 19.1. The fraction of sp³-hybridized carbons (Fsp3) is 0.458. The van der Waals surface area contributed by atoms with Crippen LogP contribution >= 0.6 is 0 Å². The zero-order valence-electron chi connectivity index (χ0n) is 16.4. The van der Waals surface area contributed by atoms with E-state index in [0.29, 0.717) is 18.0 Å². The van der Waals surface area contributed by atoms with Crippen molar-refractivity contribution in [3.63, 3.8) is 0 Å². The predicted octanol–water partition coefficient (Wildman–Crippen LogP) is 3.63. The highest BCUT2D eigenvalue weighted by Gasteiger charge is 2.53. The van der Waals surface area contributed by atoms with Crippen molar-refractivity contribution in [2.75, 3.05) is 26.7 Å². The number of hydrogen-bond acceptors (Lipinski definition) is 4. The smallest absolute Gasteiger partial charge is 0.119 e. The van der Waals surface area contributed by atoms with E-state index in [1.54, 1.807) is 7.11 Å². The van der Waals surface area contributed by atoms with Gasteiger partial charge in [0.05, 0.1) is 18.7 Å². The minimum atomic E-state index is 0.498. The Bertz CT molecular complexity index is 897. The molecule has 2 aromatic carbocycles. The molecule has 0 spiro atoms. The molecular weight excluding hydrogens is 346 g/mol. The molecule has 0 N–H and O–H groups in total. The quantitative estimate of drug-likeness (QED) is 0.820. The van der Waals surface area contributed by atoms with Gasteiger partial charge >= 0.3 is 0 Å². The third-order valence-electron chi connectivity index (χ3n) is 7.13. The Morgan fingerprint density at radius 1 is 1.07 bits per heavy atom. The number of likely N-dealkylation sites (tertiary alicyclic amines) is 1. The van der Waals surface area contributed by atoms with Crippen molar-refractivity contribution in [1.82, 2.24) is 9.80 Å². The fourth-order valence-electron chi connectivity index (χ4n) is 5.87. The van der Waals surface area contributed by atoms with E-state index in [9.17, 15) is 5.26 Å². The van der Waals surface area contributed by atoms with Gasteiger partial charge in [-0.3, -0.25) is 9.80 Å². The molecule has 2 aromatic rings. The molecule has 28 heavy (non-hydrogen) atoms. The molecule has 0 amide bonds. The highest BCUT2D eigenvalue weighted by Crippen LogP contribution is 2.47. The van der Waals surface area contributed by atoms with Gasteiger partial charge in [-0.15, -0.1) is 0 Å². The zero-order valence-corrected chi connectivity index (χ0v) is 16.4. The van der Waals surface area contributed by atoms with Crippen LogP contribution in [0.2, 0.25) is 0 Å². The first-order valence-corrected chi connectivity index (χ1v) is 10.4. The standard InChI is InChI=1S/C24H27N3O/c1-28-21-8-4-7-18(13-21)22-16-27(15-20-6-3-2-5-19(20)14-25)23-17-9-11-26(12-10-17)24(22)23/h2-8,13,17,22-24H,9-12,15-16H2,1H3/t22-,23-,24-/m1/s1. The van der Waals surface area contributed by atoms with Crippen molar-refractivity contribution >= 4 is 0 Å². The lowest BCUT2D eigenvalue weighted by molar-refractivity contribution is -0.00871.